The van der Waals surface area contributed by atoms with Gasteiger partial charge in [0.15, 0.2) is 0 Å². The van der Waals surface area contributed by atoms with Crippen LogP contribution in [-0.4, -0.2) is 28.8 Å². The zero-order valence-corrected chi connectivity index (χ0v) is 12.0. The molecule has 5 heteroatoms. The molecule has 0 aliphatic carbocycles. The van der Waals surface area contributed by atoms with Gasteiger partial charge in [-0.1, -0.05) is 0 Å². The molecule has 0 bridgehead atoms. The number of hydrogen-bond donors (Lipinski definition) is 2. The molecule has 1 aliphatic heterocycles. The Bertz CT molecular complexity index is 571. The van der Waals surface area contributed by atoms with E-state index in [0.717, 1.165) is 30.9 Å². The lowest BCUT2D eigenvalue weighted by Gasteiger charge is -2.09. The van der Waals surface area contributed by atoms with Gasteiger partial charge in [0.25, 0.3) is 0 Å². The van der Waals surface area contributed by atoms with Crippen LogP contribution >= 0.6 is 0 Å². The van der Waals surface area contributed by atoms with Crippen molar-refractivity contribution in [2.24, 2.45) is 5.92 Å². The quantitative estimate of drug-likeness (QED) is 0.885. The number of nitrogens with one attached hydrogen (secondary N) is 2. The van der Waals surface area contributed by atoms with Gasteiger partial charge in [0.2, 0.25) is 5.91 Å². The molecule has 2 aromatic rings. The van der Waals surface area contributed by atoms with Gasteiger partial charge >= 0.3 is 0 Å². The second kappa shape index (κ2) is 6.54. The summed E-state index contributed by atoms with van der Waals surface area (Å²) in [5.41, 5.74) is 1.82. The van der Waals surface area contributed by atoms with E-state index in [1.54, 1.807) is 10.9 Å². The van der Waals surface area contributed by atoms with Crippen LogP contribution in [0.2, 0.25) is 0 Å². The molecule has 2 N–H and O–H groups in total. The Labute approximate surface area is 124 Å². The van der Waals surface area contributed by atoms with Crippen LogP contribution in [0.1, 0.15) is 19.3 Å². The summed E-state index contributed by atoms with van der Waals surface area (Å²) in [4.78, 5) is 11.9. The highest BCUT2D eigenvalue weighted by Gasteiger charge is 2.15. The van der Waals surface area contributed by atoms with Gasteiger partial charge in [-0.05, 0) is 62.2 Å². The van der Waals surface area contributed by atoms with Gasteiger partial charge in [0.1, 0.15) is 0 Å². The van der Waals surface area contributed by atoms with Crippen LogP contribution in [-0.2, 0) is 4.79 Å². The summed E-state index contributed by atoms with van der Waals surface area (Å²) in [7, 11) is 0. The Morgan fingerprint density at radius 2 is 2.24 bits per heavy atom. The minimum absolute atomic E-state index is 0.0914. The molecule has 1 amide bonds. The molecule has 1 unspecified atom stereocenters. The lowest BCUT2D eigenvalue weighted by molar-refractivity contribution is -0.116. The molecule has 1 aromatic carbocycles. The molecule has 1 atom stereocenters. The van der Waals surface area contributed by atoms with Crippen molar-refractivity contribution < 1.29 is 4.79 Å². The summed E-state index contributed by atoms with van der Waals surface area (Å²) in [5, 5.41) is 10.4. The molecule has 1 saturated heterocycles. The number of rotatable bonds is 5. The Kier molecular flexibility index (Phi) is 4.31. The Hall–Kier alpha value is -2.14. The number of amides is 1. The largest absolute Gasteiger partial charge is 0.326 e. The summed E-state index contributed by atoms with van der Waals surface area (Å²) in [5.74, 6) is 0.742. The number of aromatic nitrogens is 2. The van der Waals surface area contributed by atoms with Crippen molar-refractivity contribution in [1.82, 2.24) is 15.1 Å². The van der Waals surface area contributed by atoms with Crippen LogP contribution in [0.3, 0.4) is 0 Å². The number of anilines is 1. The molecule has 3 rings (SSSR count). The van der Waals surface area contributed by atoms with Crippen LogP contribution in [0.15, 0.2) is 42.7 Å². The van der Waals surface area contributed by atoms with Gasteiger partial charge in [-0.25, -0.2) is 4.68 Å². The minimum atomic E-state index is 0.0914. The van der Waals surface area contributed by atoms with Crippen molar-refractivity contribution in [2.75, 3.05) is 18.4 Å². The summed E-state index contributed by atoms with van der Waals surface area (Å²) in [6, 6.07) is 9.60. The molecule has 2 heterocycles. The van der Waals surface area contributed by atoms with E-state index in [1.165, 1.54) is 6.42 Å². The number of nitrogens with zero attached hydrogens (tertiary/aromatic N) is 2. The average Bonchev–Trinajstić information content (AvgIpc) is 3.19. The van der Waals surface area contributed by atoms with E-state index >= 15 is 0 Å². The fourth-order valence-electron chi connectivity index (χ4n) is 2.64. The molecule has 0 spiro atoms. The predicted molar refractivity (Wildman–Crippen MR) is 82.4 cm³/mol. The first-order valence-corrected chi connectivity index (χ1v) is 7.42. The van der Waals surface area contributed by atoms with Gasteiger partial charge in [-0.3, -0.25) is 4.79 Å². The predicted octanol–water partition coefficient (Wildman–Crippen LogP) is 2.20. The normalized spacial score (nSPS) is 17.8. The Balaban J connectivity index is 1.51. The number of carbonyl (C=O) groups excluding carboxylic acids is 1. The first-order valence-electron chi connectivity index (χ1n) is 7.42. The summed E-state index contributed by atoms with van der Waals surface area (Å²) >= 11 is 0. The molecule has 1 aliphatic rings. The molecule has 1 aromatic heterocycles. The van der Waals surface area contributed by atoms with Gasteiger partial charge in [-0.15, -0.1) is 0 Å². The van der Waals surface area contributed by atoms with E-state index in [2.05, 4.69) is 15.7 Å². The van der Waals surface area contributed by atoms with Crippen LogP contribution in [0.25, 0.3) is 5.69 Å². The second-order valence-corrected chi connectivity index (χ2v) is 5.44. The van der Waals surface area contributed by atoms with Crippen LogP contribution in [0.4, 0.5) is 5.69 Å². The molecular formula is C16H20N4O. The number of benzene rings is 1. The van der Waals surface area contributed by atoms with Crippen molar-refractivity contribution in [1.29, 1.82) is 0 Å². The first kappa shape index (κ1) is 13.8. The van der Waals surface area contributed by atoms with E-state index in [4.69, 9.17) is 0 Å². The third kappa shape index (κ3) is 3.70. The van der Waals surface area contributed by atoms with E-state index in [1.807, 2.05) is 36.5 Å². The lowest BCUT2D eigenvalue weighted by atomic mass is 10.0. The highest BCUT2D eigenvalue weighted by atomic mass is 16.1. The van der Waals surface area contributed by atoms with Gasteiger partial charge in [0.05, 0.1) is 5.69 Å². The van der Waals surface area contributed by atoms with Crippen molar-refractivity contribution in [3.63, 3.8) is 0 Å². The van der Waals surface area contributed by atoms with Crippen molar-refractivity contribution in [3.8, 4) is 5.69 Å². The van der Waals surface area contributed by atoms with Gasteiger partial charge in [-0.2, -0.15) is 5.10 Å². The Morgan fingerprint density at radius 3 is 2.90 bits per heavy atom. The summed E-state index contributed by atoms with van der Waals surface area (Å²) < 4.78 is 1.79. The van der Waals surface area contributed by atoms with Crippen LogP contribution < -0.4 is 10.6 Å². The molecule has 1 fully saturated rings. The van der Waals surface area contributed by atoms with Gasteiger partial charge < -0.3 is 10.6 Å². The number of carbonyl (C=O) groups is 1. The van der Waals surface area contributed by atoms with E-state index < -0.39 is 0 Å². The third-order valence-corrected chi connectivity index (χ3v) is 3.86. The van der Waals surface area contributed by atoms with Crippen molar-refractivity contribution >= 4 is 11.6 Å². The summed E-state index contributed by atoms with van der Waals surface area (Å²) in [6.45, 7) is 2.13. The maximum atomic E-state index is 11.9. The number of hydrogen-bond acceptors (Lipinski definition) is 3. The van der Waals surface area contributed by atoms with E-state index in [-0.39, 0.29) is 5.91 Å². The van der Waals surface area contributed by atoms with Crippen molar-refractivity contribution in [2.45, 2.75) is 19.3 Å². The standard InChI is InChI=1S/C16H20N4O/c21-16(7-2-13-8-10-17-12-13)19-14-3-5-15(6-4-14)20-11-1-9-18-20/h1,3-6,9,11,13,17H,2,7-8,10,12H2,(H,19,21). The SMILES string of the molecule is O=C(CCC1CCNC1)Nc1ccc(-n2cccn2)cc1. The molecule has 0 radical (unpaired) electrons. The zero-order valence-electron chi connectivity index (χ0n) is 12.0. The Morgan fingerprint density at radius 1 is 1.38 bits per heavy atom. The minimum Gasteiger partial charge on any atom is -0.326 e. The first-order chi connectivity index (χ1) is 10.3. The lowest BCUT2D eigenvalue weighted by Crippen LogP contribution is -2.15. The highest BCUT2D eigenvalue weighted by Crippen LogP contribution is 2.16. The monoisotopic (exact) mass is 284 g/mol. The maximum absolute atomic E-state index is 11.9. The maximum Gasteiger partial charge on any atom is 0.224 e. The topological polar surface area (TPSA) is 59.0 Å². The highest BCUT2D eigenvalue weighted by molar-refractivity contribution is 5.90. The van der Waals surface area contributed by atoms with Crippen LogP contribution in [0, 0.1) is 5.92 Å². The van der Waals surface area contributed by atoms with Crippen LogP contribution in [0.5, 0.6) is 0 Å². The molecule has 21 heavy (non-hydrogen) atoms. The molecule has 0 saturated carbocycles. The smallest absolute Gasteiger partial charge is 0.224 e. The second-order valence-electron chi connectivity index (χ2n) is 5.44. The van der Waals surface area contributed by atoms with E-state index in [9.17, 15) is 4.79 Å². The molecular weight excluding hydrogens is 264 g/mol. The average molecular weight is 284 g/mol. The fraction of sp³-hybridized carbons (Fsp3) is 0.375. The zero-order chi connectivity index (χ0) is 14.5. The molecule has 110 valence electrons. The fourth-order valence-corrected chi connectivity index (χ4v) is 2.64. The van der Waals surface area contributed by atoms with Crippen molar-refractivity contribution in [3.05, 3.63) is 42.7 Å². The summed E-state index contributed by atoms with van der Waals surface area (Å²) in [6.07, 6.45) is 6.38. The third-order valence-electron chi connectivity index (χ3n) is 3.86. The molecule has 5 nitrogen and oxygen atoms in total. The van der Waals surface area contributed by atoms with E-state index in [0.29, 0.717) is 12.3 Å². The van der Waals surface area contributed by atoms with Gasteiger partial charge in [0, 0.05) is 24.5 Å².